The zero-order chi connectivity index (χ0) is 9.64. The fourth-order valence-electron chi connectivity index (χ4n) is 1.79. The number of fused-ring (bicyclic) bond motifs is 1. The minimum atomic E-state index is -4.34. The van der Waals surface area contributed by atoms with Gasteiger partial charge < -0.3 is 5.21 Å². The molecule has 2 nitrogen and oxygen atoms in total. The van der Waals surface area contributed by atoms with Crippen molar-refractivity contribution in [2.24, 2.45) is 0 Å². The van der Waals surface area contributed by atoms with Crippen LogP contribution in [0.1, 0.15) is 23.2 Å². The molecule has 1 aliphatic carbocycles. The molecule has 2 rings (SSSR count). The Morgan fingerprint density at radius 3 is 2.62 bits per heavy atom. The molecule has 0 spiro atoms. The Labute approximate surface area is 72.5 Å². The Kier molecular flexibility index (Phi) is 1.58. The highest BCUT2D eigenvalue weighted by Crippen LogP contribution is 2.37. The zero-order valence-electron chi connectivity index (χ0n) is 6.73. The summed E-state index contributed by atoms with van der Waals surface area (Å²) in [4.78, 5) is 0. The first kappa shape index (κ1) is 8.47. The standard InChI is InChI=1S/C8H8F3NO/c9-8(10,11)6-4-12(13)7-3-1-2-5(6)7/h4,13H,1-3H2. The number of aromatic nitrogens is 1. The molecule has 1 aromatic heterocycles. The minimum Gasteiger partial charge on any atom is -0.429 e. The quantitative estimate of drug-likeness (QED) is 0.625. The molecule has 0 bridgehead atoms. The molecule has 0 aliphatic heterocycles. The summed E-state index contributed by atoms with van der Waals surface area (Å²) in [6, 6.07) is 0. The fourth-order valence-corrected chi connectivity index (χ4v) is 1.79. The van der Waals surface area contributed by atoms with Crippen LogP contribution >= 0.6 is 0 Å². The maximum atomic E-state index is 12.3. The van der Waals surface area contributed by atoms with E-state index in [4.69, 9.17) is 5.21 Å². The number of rotatable bonds is 0. The van der Waals surface area contributed by atoms with Crippen LogP contribution in [0, 0.1) is 0 Å². The average Bonchev–Trinajstić information content (AvgIpc) is 2.51. The molecule has 5 heteroatoms. The summed E-state index contributed by atoms with van der Waals surface area (Å²) in [7, 11) is 0. The van der Waals surface area contributed by atoms with E-state index in [0.29, 0.717) is 29.7 Å². The summed E-state index contributed by atoms with van der Waals surface area (Å²) < 4.78 is 37.6. The van der Waals surface area contributed by atoms with Crippen LogP contribution in [0.15, 0.2) is 6.20 Å². The van der Waals surface area contributed by atoms with Crippen LogP contribution in [0.3, 0.4) is 0 Å². The fraction of sp³-hybridized carbons (Fsp3) is 0.500. The van der Waals surface area contributed by atoms with Gasteiger partial charge in [0.25, 0.3) is 0 Å². The summed E-state index contributed by atoms with van der Waals surface area (Å²) in [6.07, 6.45) is -1.96. The van der Waals surface area contributed by atoms with Crippen molar-refractivity contribution in [1.29, 1.82) is 0 Å². The van der Waals surface area contributed by atoms with Crippen LogP contribution < -0.4 is 0 Å². The van der Waals surface area contributed by atoms with E-state index in [0.717, 1.165) is 6.20 Å². The first-order chi connectivity index (χ1) is 6.00. The lowest BCUT2D eigenvalue weighted by Gasteiger charge is -2.04. The third-order valence-corrected chi connectivity index (χ3v) is 2.35. The van der Waals surface area contributed by atoms with Gasteiger partial charge in [0.15, 0.2) is 0 Å². The summed E-state index contributed by atoms with van der Waals surface area (Å²) >= 11 is 0. The van der Waals surface area contributed by atoms with Gasteiger partial charge in [0.1, 0.15) is 0 Å². The van der Waals surface area contributed by atoms with Crippen LogP contribution in [0.4, 0.5) is 13.2 Å². The summed E-state index contributed by atoms with van der Waals surface area (Å²) in [6.45, 7) is 0. The summed E-state index contributed by atoms with van der Waals surface area (Å²) in [5, 5.41) is 9.13. The Morgan fingerprint density at radius 2 is 2.00 bits per heavy atom. The molecule has 0 atom stereocenters. The van der Waals surface area contributed by atoms with E-state index < -0.39 is 11.7 Å². The van der Waals surface area contributed by atoms with Crippen molar-refractivity contribution >= 4 is 0 Å². The molecule has 0 amide bonds. The van der Waals surface area contributed by atoms with Gasteiger partial charge in [-0.1, -0.05) is 0 Å². The van der Waals surface area contributed by atoms with Crippen molar-refractivity contribution in [2.45, 2.75) is 25.4 Å². The number of hydrogen-bond acceptors (Lipinski definition) is 1. The smallest absolute Gasteiger partial charge is 0.418 e. The lowest BCUT2D eigenvalue weighted by molar-refractivity contribution is -0.138. The molecule has 0 aromatic carbocycles. The van der Waals surface area contributed by atoms with Gasteiger partial charge in [-0.15, -0.1) is 0 Å². The lowest BCUT2D eigenvalue weighted by atomic mass is 10.1. The average molecular weight is 191 g/mol. The number of halogens is 3. The highest BCUT2D eigenvalue weighted by molar-refractivity contribution is 5.37. The van der Waals surface area contributed by atoms with Gasteiger partial charge in [-0.05, 0) is 24.8 Å². The number of hydrogen-bond donors (Lipinski definition) is 1. The Morgan fingerprint density at radius 1 is 1.31 bits per heavy atom. The first-order valence-corrected chi connectivity index (χ1v) is 3.99. The monoisotopic (exact) mass is 191 g/mol. The van der Waals surface area contributed by atoms with E-state index in [1.807, 2.05) is 0 Å². The van der Waals surface area contributed by atoms with Crippen LogP contribution in [-0.4, -0.2) is 9.94 Å². The second kappa shape index (κ2) is 2.43. The SMILES string of the molecule is On1cc(C(F)(F)F)c2c1CCC2. The molecular weight excluding hydrogens is 183 g/mol. The third kappa shape index (κ3) is 1.18. The predicted molar refractivity (Wildman–Crippen MR) is 38.6 cm³/mol. The molecule has 0 fully saturated rings. The summed E-state index contributed by atoms with van der Waals surface area (Å²) in [5.41, 5.74) is -0.0233. The van der Waals surface area contributed by atoms with E-state index in [1.54, 1.807) is 0 Å². The van der Waals surface area contributed by atoms with Gasteiger partial charge in [-0.2, -0.15) is 17.9 Å². The Bertz CT molecular complexity index is 340. The first-order valence-electron chi connectivity index (χ1n) is 3.99. The zero-order valence-corrected chi connectivity index (χ0v) is 6.73. The maximum absolute atomic E-state index is 12.3. The highest BCUT2D eigenvalue weighted by atomic mass is 19.4. The van der Waals surface area contributed by atoms with Gasteiger partial charge in [-0.3, -0.25) is 0 Å². The second-order valence-electron chi connectivity index (χ2n) is 3.16. The van der Waals surface area contributed by atoms with Gasteiger partial charge in [-0.25, -0.2) is 0 Å². The molecule has 0 saturated carbocycles. The van der Waals surface area contributed by atoms with E-state index in [2.05, 4.69) is 0 Å². The molecule has 1 aromatic rings. The van der Waals surface area contributed by atoms with Gasteiger partial charge in [0.05, 0.1) is 17.5 Å². The molecule has 0 radical (unpaired) electrons. The Balaban J connectivity index is 2.55. The highest BCUT2D eigenvalue weighted by Gasteiger charge is 2.38. The van der Waals surface area contributed by atoms with Gasteiger partial charge >= 0.3 is 6.18 Å². The van der Waals surface area contributed by atoms with Crippen molar-refractivity contribution in [3.8, 4) is 0 Å². The topological polar surface area (TPSA) is 25.2 Å². The van der Waals surface area contributed by atoms with Crippen LogP contribution in [0.25, 0.3) is 0 Å². The normalized spacial score (nSPS) is 16.2. The van der Waals surface area contributed by atoms with Gasteiger partial charge in [0.2, 0.25) is 0 Å². The van der Waals surface area contributed by atoms with Crippen LogP contribution in [0.2, 0.25) is 0 Å². The van der Waals surface area contributed by atoms with E-state index in [1.165, 1.54) is 0 Å². The van der Waals surface area contributed by atoms with Gasteiger partial charge in [0, 0.05) is 0 Å². The molecule has 1 N–H and O–H groups in total. The molecule has 13 heavy (non-hydrogen) atoms. The summed E-state index contributed by atoms with van der Waals surface area (Å²) in [5.74, 6) is 0. The van der Waals surface area contributed by atoms with E-state index in [9.17, 15) is 13.2 Å². The molecule has 0 saturated heterocycles. The number of alkyl halides is 3. The second-order valence-corrected chi connectivity index (χ2v) is 3.16. The van der Waals surface area contributed by atoms with E-state index >= 15 is 0 Å². The van der Waals surface area contributed by atoms with Crippen molar-refractivity contribution in [1.82, 2.24) is 4.73 Å². The minimum absolute atomic E-state index is 0.259. The van der Waals surface area contributed by atoms with Crippen LogP contribution in [0.5, 0.6) is 0 Å². The number of nitrogens with zero attached hydrogens (tertiary/aromatic N) is 1. The predicted octanol–water partition coefficient (Wildman–Crippen LogP) is 2.23. The largest absolute Gasteiger partial charge is 0.429 e. The Hall–Kier alpha value is -1.13. The van der Waals surface area contributed by atoms with Crippen molar-refractivity contribution < 1.29 is 18.4 Å². The van der Waals surface area contributed by atoms with Crippen LogP contribution in [-0.2, 0) is 19.0 Å². The molecule has 0 unspecified atom stereocenters. The molecule has 72 valence electrons. The van der Waals surface area contributed by atoms with Crippen molar-refractivity contribution in [3.05, 3.63) is 23.0 Å². The molecule has 1 heterocycles. The molecular formula is C8H8F3NO. The van der Waals surface area contributed by atoms with Crippen molar-refractivity contribution in [3.63, 3.8) is 0 Å². The van der Waals surface area contributed by atoms with E-state index in [-0.39, 0.29) is 5.56 Å². The maximum Gasteiger partial charge on any atom is 0.418 e. The van der Waals surface area contributed by atoms with Crippen molar-refractivity contribution in [2.75, 3.05) is 0 Å². The molecule has 1 aliphatic rings. The third-order valence-electron chi connectivity index (χ3n) is 2.35. The lowest BCUT2D eigenvalue weighted by Crippen LogP contribution is -2.06.